The molecule has 1 aliphatic rings. The molecule has 1 heterocycles. The van der Waals surface area contributed by atoms with Gasteiger partial charge in [0.2, 0.25) is 0 Å². The maximum Gasteiger partial charge on any atom is 0.137 e. The van der Waals surface area contributed by atoms with E-state index in [1.807, 2.05) is 25.2 Å². The first-order valence-electron chi connectivity index (χ1n) is 5.93. The first-order chi connectivity index (χ1) is 8.29. The first kappa shape index (κ1) is 12.7. The second-order valence-corrected chi connectivity index (χ2v) is 4.74. The summed E-state index contributed by atoms with van der Waals surface area (Å²) in [6.45, 7) is 3.15. The topological polar surface area (TPSA) is 30.5 Å². The Morgan fingerprint density at radius 2 is 2.41 bits per heavy atom. The molecule has 17 heavy (non-hydrogen) atoms. The molecule has 0 aromatic heterocycles. The first-order valence-corrected chi connectivity index (χ1v) is 6.31. The summed E-state index contributed by atoms with van der Waals surface area (Å²) >= 11 is 6.17. The number of benzene rings is 1. The fraction of sp³-hybridized carbons (Fsp3) is 0.538. The molecule has 1 aliphatic heterocycles. The Morgan fingerprint density at radius 3 is 3.06 bits per heavy atom. The lowest BCUT2D eigenvalue weighted by atomic mass is 10.1. The molecule has 1 aromatic rings. The van der Waals surface area contributed by atoms with Crippen LogP contribution in [0.2, 0.25) is 5.02 Å². The van der Waals surface area contributed by atoms with Crippen molar-refractivity contribution in [2.24, 2.45) is 5.92 Å². The van der Waals surface area contributed by atoms with Crippen LogP contribution in [0, 0.1) is 5.92 Å². The summed E-state index contributed by atoms with van der Waals surface area (Å²) in [6, 6.07) is 5.91. The molecule has 0 saturated carbocycles. The lowest BCUT2D eigenvalue weighted by molar-refractivity contribution is 0.167. The second kappa shape index (κ2) is 6.24. The van der Waals surface area contributed by atoms with Crippen molar-refractivity contribution in [2.75, 3.05) is 26.9 Å². The van der Waals surface area contributed by atoms with Crippen molar-refractivity contribution in [3.63, 3.8) is 0 Å². The lowest BCUT2D eigenvalue weighted by Gasteiger charge is -2.12. The van der Waals surface area contributed by atoms with Gasteiger partial charge in [-0.1, -0.05) is 17.7 Å². The van der Waals surface area contributed by atoms with E-state index in [0.717, 1.165) is 37.5 Å². The van der Waals surface area contributed by atoms with Crippen LogP contribution >= 0.6 is 11.6 Å². The van der Waals surface area contributed by atoms with Crippen molar-refractivity contribution < 1.29 is 9.47 Å². The Bertz CT molecular complexity index is 364. The Kier molecular flexibility index (Phi) is 4.66. The monoisotopic (exact) mass is 255 g/mol. The van der Waals surface area contributed by atoms with Gasteiger partial charge >= 0.3 is 0 Å². The molecule has 0 radical (unpaired) electrons. The van der Waals surface area contributed by atoms with Crippen molar-refractivity contribution >= 4 is 11.6 Å². The largest absolute Gasteiger partial charge is 0.492 e. The van der Waals surface area contributed by atoms with Gasteiger partial charge in [0.05, 0.1) is 18.2 Å². The van der Waals surface area contributed by atoms with Gasteiger partial charge < -0.3 is 14.8 Å². The maximum absolute atomic E-state index is 6.17. The molecule has 1 N–H and O–H groups in total. The van der Waals surface area contributed by atoms with Crippen LogP contribution in [0.15, 0.2) is 18.2 Å². The zero-order chi connectivity index (χ0) is 12.1. The molecule has 3 nitrogen and oxygen atoms in total. The molecule has 0 amide bonds. The van der Waals surface area contributed by atoms with Gasteiger partial charge in [-0.3, -0.25) is 0 Å². The van der Waals surface area contributed by atoms with Crippen molar-refractivity contribution in [1.29, 1.82) is 0 Å². The Balaban J connectivity index is 1.91. The standard InChI is InChI=1S/C13H18ClNO2/c1-15-7-10-2-3-13(12(14)6-10)17-9-11-4-5-16-8-11/h2-3,6,11,15H,4-5,7-9H2,1H3. The molecule has 2 rings (SSSR count). The highest BCUT2D eigenvalue weighted by atomic mass is 35.5. The van der Waals surface area contributed by atoms with E-state index in [2.05, 4.69) is 5.32 Å². The highest BCUT2D eigenvalue weighted by molar-refractivity contribution is 6.32. The summed E-state index contributed by atoms with van der Waals surface area (Å²) < 4.78 is 11.0. The van der Waals surface area contributed by atoms with E-state index in [0.29, 0.717) is 17.5 Å². The summed E-state index contributed by atoms with van der Waals surface area (Å²) in [5.41, 5.74) is 1.16. The van der Waals surface area contributed by atoms with Gasteiger partial charge in [-0.2, -0.15) is 0 Å². The molecule has 94 valence electrons. The van der Waals surface area contributed by atoms with Gasteiger partial charge in [-0.25, -0.2) is 0 Å². The highest BCUT2D eigenvalue weighted by Crippen LogP contribution is 2.26. The minimum atomic E-state index is 0.503. The van der Waals surface area contributed by atoms with Crippen molar-refractivity contribution in [3.8, 4) is 5.75 Å². The van der Waals surface area contributed by atoms with Crippen LogP contribution in [0.1, 0.15) is 12.0 Å². The molecule has 4 heteroatoms. The molecular weight excluding hydrogens is 238 g/mol. The molecule has 1 saturated heterocycles. The highest BCUT2D eigenvalue weighted by Gasteiger charge is 2.16. The lowest BCUT2D eigenvalue weighted by Crippen LogP contribution is -2.12. The van der Waals surface area contributed by atoms with E-state index >= 15 is 0 Å². The zero-order valence-electron chi connectivity index (χ0n) is 10.0. The van der Waals surface area contributed by atoms with Crippen LogP contribution in [0.5, 0.6) is 5.75 Å². The van der Waals surface area contributed by atoms with E-state index in [1.165, 1.54) is 0 Å². The van der Waals surface area contributed by atoms with Crippen LogP contribution in [0.3, 0.4) is 0 Å². The summed E-state index contributed by atoms with van der Waals surface area (Å²) in [6.07, 6.45) is 1.08. The number of hydrogen-bond donors (Lipinski definition) is 1. The summed E-state index contributed by atoms with van der Waals surface area (Å²) in [5, 5.41) is 3.77. The van der Waals surface area contributed by atoms with Crippen LogP contribution in [-0.4, -0.2) is 26.9 Å². The molecular formula is C13H18ClNO2. The van der Waals surface area contributed by atoms with E-state index in [1.54, 1.807) is 0 Å². The maximum atomic E-state index is 6.17. The van der Waals surface area contributed by atoms with Gasteiger partial charge in [0, 0.05) is 19.1 Å². The Labute approximate surface area is 107 Å². The van der Waals surface area contributed by atoms with Crippen LogP contribution in [0.25, 0.3) is 0 Å². The second-order valence-electron chi connectivity index (χ2n) is 4.34. The van der Waals surface area contributed by atoms with Crippen molar-refractivity contribution in [1.82, 2.24) is 5.32 Å². The molecule has 1 aromatic carbocycles. The summed E-state index contributed by atoms with van der Waals surface area (Å²) in [4.78, 5) is 0. The molecule has 1 atom stereocenters. The third kappa shape index (κ3) is 3.60. The van der Waals surface area contributed by atoms with E-state index < -0.39 is 0 Å². The van der Waals surface area contributed by atoms with Gasteiger partial charge in [-0.15, -0.1) is 0 Å². The third-order valence-corrected chi connectivity index (χ3v) is 3.17. The molecule has 1 fully saturated rings. The normalized spacial score (nSPS) is 19.5. The van der Waals surface area contributed by atoms with Crippen LogP contribution in [-0.2, 0) is 11.3 Å². The predicted molar refractivity (Wildman–Crippen MR) is 68.6 cm³/mol. The van der Waals surface area contributed by atoms with E-state index in [9.17, 15) is 0 Å². The Morgan fingerprint density at radius 1 is 1.53 bits per heavy atom. The number of nitrogens with one attached hydrogen (secondary N) is 1. The smallest absolute Gasteiger partial charge is 0.137 e. The van der Waals surface area contributed by atoms with Crippen molar-refractivity contribution in [2.45, 2.75) is 13.0 Å². The minimum absolute atomic E-state index is 0.503. The Hall–Kier alpha value is -0.770. The fourth-order valence-corrected chi connectivity index (χ4v) is 2.16. The average molecular weight is 256 g/mol. The van der Waals surface area contributed by atoms with E-state index in [-0.39, 0.29) is 0 Å². The van der Waals surface area contributed by atoms with E-state index in [4.69, 9.17) is 21.1 Å². The predicted octanol–water partition coefficient (Wildman–Crippen LogP) is 2.47. The number of rotatable bonds is 5. The SMILES string of the molecule is CNCc1ccc(OCC2CCOC2)c(Cl)c1. The summed E-state index contributed by atoms with van der Waals surface area (Å²) in [7, 11) is 1.92. The summed E-state index contributed by atoms with van der Waals surface area (Å²) in [5.74, 6) is 1.27. The number of ether oxygens (including phenoxy) is 2. The quantitative estimate of drug-likeness (QED) is 0.877. The zero-order valence-corrected chi connectivity index (χ0v) is 10.8. The number of halogens is 1. The van der Waals surface area contributed by atoms with Crippen LogP contribution < -0.4 is 10.1 Å². The third-order valence-electron chi connectivity index (χ3n) is 2.88. The fourth-order valence-electron chi connectivity index (χ4n) is 1.90. The van der Waals surface area contributed by atoms with Gasteiger partial charge in [-0.05, 0) is 31.2 Å². The van der Waals surface area contributed by atoms with Gasteiger partial charge in [0.15, 0.2) is 0 Å². The number of hydrogen-bond acceptors (Lipinski definition) is 3. The molecule has 0 bridgehead atoms. The van der Waals surface area contributed by atoms with Crippen LogP contribution in [0.4, 0.5) is 0 Å². The van der Waals surface area contributed by atoms with Gasteiger partial charge in [0.1, 0.15) is 5.75 Å². The van der Waals surface area contributed by atoms with Crippen molar-refractivity contribution in [3.05, 3.63) is 28.8 Å². The minimum Gasteiger partial charge on any atom is -0.492 e. The molecule has 0 aliphatic carbocycles. The average Bonchev–Trinajstić information content (AvgIpc) is 2.81. The molecule has 0 spiro atoms. The molecule has 1 unspecified atom stereocenters. The van der Waals surface area contributed by atoms with Gasteiger partial charge in [0.25, 0.3) is 0 Å².